The molecule has 0 saturated carbocycles. The van der Waals surface area contributed by atoms with Crippen LogP contribution in [0.3, 0.4) is 0 Å². The van der Waals surface area contributed by atoms with E-state index >= 15 is 0 Å². The summed E-state index contributed by atoms with van der Waals surface area (Å²) in [6.45, 7) is 2.18. The lowest BCUT2D eigenvalue weighted by Gasteiger charge is -1.97. The molecule has 2 nitrogen and oxygen atoms in total. The van der Waals surface area contributed by atoms with E-state index in [1.807, 2.05) is 24.4 Å². The predicted molar refractivity (Wildman–Crippen MR) is 85.5 cm³/mol. The maximum atomic E-state index is 4.48. The lowest BCUT2D eigenvalue weighted by Crippen LogP contribution is -1.90. The Morgan fingerprint density at radius 3 is 2.70 bits per heavy atom. The van der Waals surface area contributed by atoms with E-state index < -0.39 is 0 Å². The van der Waals surface area contributed by atoms with Crippen molar-refractivity contribution < 1.29 is 0 Å². The fraction of sp³-hybridized carbons (Fsp3) is 0.167. The topological polar surface area (TPSA) is 17.8 Å². The van der Waals surface area contributed by atoms with Gasteiger partial charge in [0, 0.05) is 30.5 Å². The average molecular weight is 262 g/mol. The third-order valence-electron chi connectivity index (χ3n) is 3.57. The molecular formula is C18H18N2. The van der Waals surface area contributed by atoms with E-state index in [-0.39, 0.29) is 0 Å². The van der Waals surface area contributed by atoms with Gasteiger partial charge in [-0.3, -0.25) is 4.98 Å². The number of nitrogens with zero attached hydrogens (tertiary/aromatic N) is 2. The van der Waals surface area contributed by atoms with Crippen molar-refractivity contribution in [2.75, 3.05) is 0 Å². The summed E-state index contributed by atoms with van der Waals surface area (Å²) in [7, 11) is 2.09. The first-order valence-corrected chi connectivity index (χ1v) is 6.94. The van der Waals surface area contributed by atoms with Crippen molar-refractivity contribution >= 4 is 23.1 Å². The normalized spacial score (nSPS) is 11.5. The Morgan fingerprint density at radius 2 is 1.90 bits per heavy atom. The Labute approximate surface area is 119 Å². The fourth-order valence-corrected chi connectivity index (χ4v) is 2.45. The molecule has 0 spiro atoms. The van der Waals surface area contributed by atoms with Gasteiger partial charge >= 0.3 is 0 Å². The second-order valence-corrected chi connectivity index (χ2v) is 5.02. The summed E-state index contributed by atoms with van der Waals surface area (Å²) >= 11 is 0. The second-order valence-electron chi connectivity index (χ2n) is 5.02. The van der Waals surface area contributed by atoms with Crippen LogP contribution >= 0.6 is 0 Å². The first kappa shape index (κ1) is 12.7. The molecule has 0 amide bonds. The largest absolute Gasteiger partial charge is 0.354 e. The zero-order valence-electron chi connectivity index (χ0n) is 11.9. The van der Waals surface area contributed by atoms with E-state index in [4.69, 9.17) is 0 Å². The number of para-hydroxylation sites is 1. The van der Waals surface area contributed by atoms with Crippen LogP contribution in [-0.2, 0) is 13.5 Å². The monoisotopic (exact) mass is 262 g/mol. The Hall–Kier alpha value is -2.35. The molecule has 0 saturated heterocycles. The van der Waals surface area contributed by atoms with Crippen LogP contribution in [0.4, 0.5) is 0 Å². The van der Waals surface area contributed by atoms with Gasteiger partial charge in [-0.2, -0.15) is 0 Å². The van der Waals surface area contributed by atoms with Gasteiger partial charge in [-0.25, -0.2) is 0 Å². The first-order chi connectivity index (χ1) is 9.76. The summed E-state index contributed by atoms with van der Waals surface area (Å²) in [5, 5.41) is 1.18. The van der Waals surface area contributed by atoms with E-state index in [1.54, 1.807) is 0 Å². The van der Waals surface area contributed by atoms with Crippen LogP contribution in [0.5, 0.6) is 0 Å². The number of benzene rings is 1. The molecule has 0 radical (unpaired) electrons. The zero-order valence-corrected chi connectivity index (χ0v) is 11.9. The van der Waals surface area contributed by atoms with E-state index in [1.165, 1.54) is 16.6 Å². The molecule has 0 aliphatic heterocycles. The van der Waals surface area contributed by atoms with Crippen LogP contribution in [0, 0.1) is 0 Å². The molecule has 0 unspecified atom stereocenters. The number of hydrogen-bond acceptors (Lipinski definition) is 1. The van der Waals surface area contributed by atoms with Gasteiger partial charge in [0.1, 0.15) is 0 Å². The highest BCUT2D eigenvalue weighted by Crippen LogP contribution is 2.16. The quantitative estimate of drug-likeness (QED) is 0.688. The third kappa shape index (κ3) is 2.50. The summed E-state index contributed by atoms with van der Waals surface area (Å²) in [5.74, 6) is 0. The average Bonchev–Trinajstić information content (AvgIpc) is 2.85. The van der Waals surface area contributed by atoms with Gasteiger partial charge in [0.25, 0.3) is 0 Å². The van der Waals surface area contributed by atoms with E-state index in [0.29, 0.717) is 0 Å². The van der Waals surface area contributed by atoms with Gasteiger partial charge in [-0.15, -0.1) is 0 Å². The summed E-state index contributed by atoms with van der Waals surface area (Å²) in [4.78, 5) is 4.48. The van der Waals surface area contributed by atoms with Gasteiger partial charge in [0.2, 0.25) is 0 Å². The summed E-state index contributed by atoms with van der Waals surface area (Å²) in [6, 6.07) is 12.6. The van der Waals surface area contributed by atoms with Crippen molar-refractivity contribution in [1.29, 1.82) is 0 Å². The summed E-state index contributed by atoms with van der Waals surface area (Å²) < 4.78 is 2.18. The lowest BCUT2D eigenvalue weighted by molar-refractivity contribution is 0.837. The highest BCUT2D eigenvalue weighted by atomic mass is 14.9. The van der Waals surface area contributed by atoms with Crippen LogP contribution in [0.1, 0.15) is 23.7 Å². The first-order valence-electron chi connectivity index (χ1n) is 6.94. The van der Waals surface area contributed by atoms with Crippen molar-refractivity contribution in [1.82, 2.24) is 9.55 Å². The lowest BCUT2D eigenvalue weighted by atomic mass is 10.1. The number of hydrogen-bond donors (Lipinski definition) is 0. The molecule has 1 aromatic carbocycles. The Morgan fingerprint density at radius 1 is 1.10 bits per heavy atom. The molecule has 0 bridgehead atoms. The molecule has 0 aliphatic carbocycles. The van der Waals surface area contributed by atoms with Crippen LogP contribution in [-0.4, -0.2) is 9.55 Å². The SMILES string of the molecule is CCc1cc(/C=C/c2cnc3ccccc3c2)cn1C. The van der Waals surface area contributed by atoms with Crippen molar-refractivity contribution in [2.45, 2.75) is 13.3 Å². The van der Waals surface area contributed by atoms with Crippen LogP contribution in [0.15, 0.2) is 48.8 Å². The Kier molecular flexibility index (Phi) is 3.38. The van der Waals surface area contributed by atoms with Crippen LogP contribution in [0.2, 0.25) is 0 Å². The smallest absolute Gasteiger partial charge is 0.0702 e. The van der Waals surface area contributed by atoms with Gasteiger partial charge in [0.15, 0.2) is 0 Å². The highest BCUT2D eigenvalue weighted by Gasteiger charge is 1.98. The number of fused-ring (bicyclic) bond motifs is 1. The molecule has 20 heavy (non-hydrogen) atoms. The standard InChI is InChI=1S/C18H18N2/c1-3-17-11-15(13-20(17)2)9-8-14-10-16-6-4-5-7-18(16)19-12-14/h4-13H,3H2,1-2H3/b9-8+. The number of aryl methyl sites for hydroxylation is 2. The summed E-state index contributed by atoms with van der Waals surface area (Å²) in [6.07, 6.45) is 9.40. The van der Waals surface area contributed by atoms with Crippen molar-refractivity contribution in [3.63, 3.8) is 0 Å². The maximum absolute atomic E-state index is 4.48. The molecule has 2 heteroatoms. The highest BCUT2D eigenvalue weighted by molar-refractivity contribution is 5.82. The third-order valence-corrected chi connectivity index (χ3v) is 3.57. The fourth-order valence-electron chi connectivity index (χ4n) is 2.45. The molecule has 0 fully saturated rings. The zero-order chi connectivity index (χ0) is 13.9. The minimum absolute atomic E-state index is 1.04. The molecule has 3 rings (SSSR count). The molecule has 3 aromatic rings. The van der Waals surface area contributed by atoms with Gasteiger partial charge in [-0.05, 0) is 35.7 Å². The molecule has 0 aliphatic rings. The van der Waals surface area contributed by atoms with Crippen molar-refractivity contribution in [3.8, 4) is 0 Å². The molecule has 2 heterocycles. The van der Waals surface area contributed by atoms with Crippen molar-refractivity contribution in [3.05, 3.63) is 65.6 Å². The minimum Gasteiger partial charge on any atom is -0.354 e. The Bertz CT molecular complexity index is 766. The molecular weight excluding hydrogens is 244 g/mol. The number of pyridine rings is 1. The minimum atomic E-state index is 1.04. The van der Waals surface area contributed by atoms with Crippen molar-refractivity contribution in [2.24, 2.45) is 7.05 Å². The van der Waals surface area contributed by atoms with Gasteiger partial charge in [-0.1, -0.05) is 37.3 Å². The predicted octanol–water partition coefficient (Wildman–Crippen LogP) is 4.31. The maximum Gasteiger partial charge on any atom is 0.0702 e. The molecule has 0 N–H and O–H groups in total. The second kappa shape index (κ2) is 5.33. The van der Waals surface area contributed by atoms with Crippen LogP contribution in [0.25, 0.3) is 23.1 Å². The number of rotatable bonds is 3. The van der Waals surface area contributed by atoms with Gasteiger partial charge in [0.05, 0.1) is 5.52 Å². The molecule has 2 aromatic heterocycles. The van der Waals surface area contributed by atoms with Crippen LogP contribution < -0.4 is 0 Å². The summed E-state index contributed by atoms with van der Waals surface area (Å²) in [5.41, 5.74) is 4.75. The molecule has 0 atom stereocenters. The Balaban J connectivity index is 1.89. The van der Waals surface area contributed by atoms with E-state index in [0.717, 1.165) is 17.5 Å². The van der Waals surface area contributed by atoms with Gasteiger partial charge < -0.3 is 4.57 Å². The van der Waals surface area contributed by atoms with E-state index in [9.17, 15) is 0 Å². The molecule has 100 valence electrons. The number of aromatic nitrogens is 2. The van der Waals surface area contributed by atoms with E-state index in [2.05, 4.69) is 60.1 Å².